The first-order valence-electron chi connectivity index (χ1n) is 17.6. The Kier molecular flexibility index (Phi) is 16.1. The summed E-state index contributed by atoms with van der Waals surface area (Å²) in [6.07, 6.45) is -48.1. The Hall–Kier alpha value is -1.04. The summed E-state index contributed by atoms with van der Waals surface area (Å²) < 4.78 is 50.7. The lowest BCUT2D eigenvalue weighted by atomic mass is 9.95. The average molecular weight is 829 g/mol. The lowest BCUT2D eigenvalue weighted by Gasteiger charge is -2.50. The highest BCUT2D eigenvalue weighted by molar-refractivity contribution is 4.99. The van der Waals surface area contributed by atoms with Gasteiger partial charge in [0.1, 0.15) is 122 Å². The third kappa shape index (κ3) is 9.31. The largest absolute Gasteiger partial charge is 0.394 e. The van der Waals surface area contributed by atoms with Gasteiger partial charge >= 0.3 is 0 Å². The Morgan fingerprint density at radius 3 is 0.964 bits per heavy atom. The second-order valence-corrected chi connectivity index (χ2v) is 14.0. The molecule has 0 aliphatic carbocycles. The minimum Gasteiger partial charge on any atom is -0.394 e. The lowest BCUT2D eigenvalue weighted by Crippen LogP contribution is -2.69. The number of aliphatic hydroxyl groups excluding tert-OH is 17. The minimum atomic E-state index is -2.28. The minimum absolute atomic E-state index is 0.849. The zero-order chi connectivity index (χ0) is 41.3. The van der Waals surface area contributed by atoms with Crippen molar-refractivity contribution in [2.45, 2.75) is 154 Å². The zero-order valence-corrected chi connectivity index (χ0v) is 29.2. The van der Waals surface area contributed by atoms with Gasteiger partial charge in [-0.3, -0.25) is 0 Å². The van der Waals surface area contributed by atoms with Crippen molar-refractivity contribution in [2.75, 3.05) is 33.0 Å². The summed E-state index contributed by atoms with van der Waals surface area (Å²) in [6.45, 7) is -4.52. The lowest BCUT2D eigenvalue weighted by molar-refractivity contribution is -0.408. The van der Waals surface area contributed by atoms with Crippen molar-refractivity contribution >= 4 is 0 Å². The van der Waals surface area contributed by atoms with Crippen molar-refractivity contribution in [3.8, 4) is 0 Å². The molecule has 0 amide bonds. The number of hydrogen-bond acceptors (Lipinski definition) is 26. The fourth-order valence-electron chi connectivity index (χ4n) is 6.89. The summed E-state index contributed by atoms with van der Waals surface area (Å²) in [7, 11) is 0. The van der Waals surface area contributed by atoms with Gasteiger partial charge in [-0.15, -0.1) is 0 Å². The van der Waals surface area contributed by atoms with Crippen LogP contribution in [0.25, 0.3) is 0 Å². The fourth-order valence-corrected chi connectivity index (χ4v) is 6.89. The van der Waals surface area contributed by atoms with Gasteiger partial charge in [-0.05, 0) is 0 Å². The standard InChI is InChI=1S/C30H52O26/c31-1-6-11(35)15(39)19(43)27(50-6)48-5-10-23(54-28-20(44)16(40)12(36)7(2-32)51-28)24(55-29-21(45)17(41)13(37)8(3-33)52-29)25(26(47)49-10)56-30-22(46)18(42)14(38)9(4-34)53-30/h6-47H,1-5H2/t6-,7-,8-,9-,10-,11+,12+,13+,14+,15+,16+,17+,18+,19-,20-,21-,22-,23-,24+,25-,26?,27-,28+,29+,30+/m1/s1. The molecule has 0 bridgehead atoms. The van der Waals surface area contributed by atoms with Gasteiger partial charge in [-0.1, -0.05) is 0 Å². The molecule has 5 heterocycles. The predicted octanol–water partition coefficient (Wildman–Crippen LogP) is -11.9. The number of ether oxygens (including phenoxy) is 9. The summed E-state index contributed by atoms with van der Waals surface area (Å²) in [4.78, 5) is 0. The van der Waals surface area contributed by atoms with E-state index in [1.807, 2.05) is 0 Å². The first kappa shape index (κ1) is 46.0. The van der Waals surface area contributed by atoms with E-state index in [-0.39, 0.29) is 0 Å². The molecular formula is C30H52O26. The van der Waals surface area contributed by atoms with Crippen LogP contribution in [-0.2, 0) is 42.6 Å². The fraction of sp³-hybridized carbons (Fsp3) is 1.00. The van der Waals surface area contributed by atoms with Crippen molar-refractivity contribution < 1.29 is 129 Å². The first-order valence-corrected chi connectivity index (χ1v) is 17.6. The maximum Gasteiger partial charge on any atom is 0.187 e. The Morgan fingerprint density at radius 1 is 0.304 bits per heavy atom. The highest BCUT2D eigenvalue weighted by atomic mass is 16.8. The molecule has 26 heteroatoms. The Balaban J connectivity index is 1.53. The van der Waals surface area contributed by atoms with Crippen molar-refractivity contribution in [3.63, 3.8) is 0 Å². The van der Waals surface area contributed by atoms with Crippen molar-refractivity contribution in [1.29, 1.82) is 0 Å². The number of aliphatic hydroxyl groups is 17. The summed E-state index contributed by atoms with van der Waals surface area (Å²) in [6, 6.07) is 0. The maximum atomic E-state index is 11.4. The summed E-state index contributed by atoms with van der Waals surface area (Å²) in [5, 5.41) is 176. The monoisotopic (exact) mass is 828 g/mol. The molecule has 0 spiro atoms. The molecule has 0 radical (unpaired) electrons. The van der Waals surface area contributed by atoms with Gasteiger partial charge < -0.3 is 129 Å². The van der Waals surface area contributed by atoms with Gasteiger partial charge in [0.15, 0.2) is 31.5 Å². The van der Waals surface area contributed by atoms with Crippen molar-refractivity contribution in [1.82, 2.24) is 0 Å². The summed E-state index contributed by atoms with van der Waals surface area (Å²) in [5.41, 5.74) is 0. The van der Waals surface area contributed by atoms with E-state index in [0.717, 1.165) is 0 Å². The highest BCUT2D eigenvalue weighted by Crippen LogP contribution is 2.36. The Bertz CT molecular complexity index is 1200. The van der Waals surface area contributed by atoms with Crippen LogP contribution >= 0.6 is 0 Å². The van der Waals surface area contributed by atoms with Crippen LogP contribution in [0, 0.1) is 0 Å². The second-order valence-electron chi connectivity index (χ2n) is 14.0. The molecule has 56 heavy (non-hydrogen) atoms. The first-order chi connectivity index (χ1) is 26.5. The van der Waals surface area contributed by atoms with E-state index in [4.69, 9.17) is 42.6 Å². The molecule has 0 aromatic rings. The topological polar surface area (TPSA) is 427 Å². The SMILES string of the molecule is OC[C@H]1O[C@@H](OC[C@H]2OC(O)[C@H](O[C@@H]3O[C@H](CO)[C@H](O)[C@H](O)[C@H]3O)[C@@H](O[C@@H]3O[C@H](CO)[C@H](O)[C@H](O)[C@H]3O)[C@@H]2O[C@@H]2O[C@H](CO)[C@H](O)[C@H](O)[C@H]2O)[C@H](O)[C@@H](O)[C@H]1O. The summed E-state index contributed by atoms with van der Waals surface area (Å²) >= 11 is 0. The zero-order valence-electron chi connectivity index (χ0n) is 29.2. The molecule has 5 aliphatic heterocycles. The van der Waals surface area contributed by atoms with Gasteiger partial charge in [0.05, 0.1) is 33.0 Å². The van der Waals surface area contributed by atoms with Gasteiger partial charge in [0, 0.05) is 0 Å². The van der Waals surface area contributed by atoms with E-state index >= 15 is 0 Å². The normalized spacial score (nSPS) is 53.2. The maximum absolute atomic E-state index is 11.4. The molecule has 25 atom stereocenters. The van der Waals surface area contributed by atoms with Crippen LogP contribution in [0.5, 0.6) is 0 Å². The molecule has 328 valence electrons. The van der Waals surface area contributed by atoms with Crippen LogP contribution in [-0.4, -0.2) is 273 Å². The molecule has 17 N–H and O–H groups in total. The highest BCUT2D eigenvalue weighted by Gasteiger charge is 2.57. The molecule has 26 nitrogen and oxygen atoms in total. The van der Waals surface area contributed by atoms with Crippen molar-refractivity contribution in [2.24, 2.45) is 0 Å². The van der Waals surface area contributed by atoms with E-state index in [2.05, 4.69) is 0 Å². The molecule has 0 aromatic carbocycles. The van der Waals surface area contributed by atoms with E-state index in [0.29, 0.717) is 0 Å². The summed E-state index contributed by atoms with van der Waals surface area (Å²) in [5.74, 6) is 0. The van der Waals surface area contributed by atoms with E-state index in [1.54, 1.807) is 0 Å². The van der Waals surface area contributed by atoms with Crippen LogP contribution in [0.3, 0.4) is 0 Å². The predicted molar refractivity (Wildman–Crippen MR) is 167 cm³/mol. The van der Waals surface area contributed by atoms with Gasteiger partial charge in [-0.2, -0.15) is 0 Å². The van der Waals surface area contributed by atoms with Gasteiger partial charge in [-0.25, -0.2) is 0 Å². The Labute approximate surface area is 316 Å². The van der Waals surface area contributed by atoms with Gasteiger partial charge in [0.2, 0.25) is 0 Å². The number of hydrogen-bond donors (Lipinski definition) is 17. The molecule has 1 unspecified atom stereocenters. The molecule has 5 saturated heterocycles. The third-order valence-corrected chi connectivity index (χ3v) is 10.3. The molecule has 5 fully saturated rings. The van der Waals surface area contributed by atoms with Crippen LogP contribution in [0.15, 0.2) is 0 Å². The van der Waals surface area contributed by atoms with Crippen LogP contribution in [0.4, 0.5) is 0 Å². The second kappa shape index (κ2) is 19.6. The van der Waals surface area contributed by atoms with Gasteiger partial charge in [0.25, 0.3) is 0 Å². The quantitative estimate of drug-likeness (QED) is 0.0819. The number of rotatable bonds is 13. The third-order valence-electron chi connectivity index (χ3n) is 10.3. The van der Waals surface area contributed by atoms with E-state index < -0.39 is 187 Å². The smallest absolute Gasteiger partial charge is 0.187 e. The average Bonchev–Trinajstić information content (AvgIpc) is 3.19. The molecule has 5 rings (SSSR count). The van der Waals surface area contributed by atoms with Crippen LogP contribution in [0.1, 0.15) is 0 Å². The molecular weight excluding hydrogens is 776 g/mol. The molecule has 5 aliphatic rings. The molecule has 0 saturated carbocycles. The van der Waals surface area contributed by atoms with E-state index in [1.165, 1.54) is 0 Å². The Morgan fingerprint density at radius 2 is 0.607 bits per heavy atom. The molecule has 0 aromatic heterocycles. The van der Waals surface area contributed by atoms with Crippen LogP contribution < -0.4 is 0 Å². The van der Waals surface area contributed by atoms with Crippen molar-refractivity contribution in [3.05, 3.63) is 0 Å². The van der Waals surface area contributed by atoms with E-state index in [9.17, 15) is 86.8 Å². The van der Waals surface area contributed by atoms with Crippen LogP contribution in [0.2, 0.25) is 0 Å².